The number of benzene rings is 2. The van der Waals surface area contributed by atoms with Gasteiger partial charge in [-0.05, 0) is 51.8 Å². The van der Waals surface area contributed by atoms with Gasteiger partial charge >= 0.3 is 6.09 Å². The first-order valence-electron chi connectivity index (χ1n) is 10.8. The largest absolute Gasteiger partial charge is 0.444 e. The second-order valence-corrected chi connectivity index (χ2v) is 9.98. The molecule has 1 aliphatic rings. The Kier molecular flexibility index (Phi) is 7.65. The minimum Gasteiger partial charge on any atom is -0.444 e. The van der Waals surface area contributed by atoms with E-state index in [2.05, 4.69) is 12.2 Å². The van der Waals surface area contributed by atoms with E-state index in [1.807, 2.05) is 86.3 Å². The molecule has 3 atom stereocenters. The molecular weight excluding hydrogens is 408 g/mol. The highest BCUT2D eigenvalue weighted by Gasteiger charge is 2.40. The molecule has 5 nitrogen and oxygen atoms in total. The summed E-state index contributed by atoms with van der Waals surface area (Å²) in [4.78, 5) is 28.9. The Morgan fingerprint density at radius 3 is 2.35 bits per heavy atom. The van der Waals surface area contributed by atoms with Crippen LogP contribution in [0.25, 0.3) is 0 Å². The van der Waals surface area contributed by atoms with Crippen LogP contribution in [-0.4, -0.2) is 40.8 Å². The zero-order valence-corrected chi connectivity index (χ0v) is 19.5. The molecule has 2 aromatic rings. The average molecular weight is 441 g/mol. The fourth-order valence-corrected chi connectivity index (χ4v) is 4.85. The van der Waals surface area contributed by atoms with Gasteiger partial charge < -0.3 is 15.0 Å². The van der Waals surface area contributed by atoms with E-state index in [1.54, 1.807) is 11.8 Å². The molecule has 0 aliphatic carbocycles. The summed E-state index contributed by atoms with van der Waals surface area (Å²) >= 11 is 1.64. The lowest BCUT2D eigenvalue weighted by Crippen LogP contribution is -2.47. The summed E-state index contributed by atoms with van der Waals surface area (Å²) in [6.07, 6.45) is 0.236. The molecule has 6 heteroatoms. The molecule has 0 unspecified atom stereocenters. The number of carbonyl (C=O) groups is 2. The molecule has 0 bridgehead atoms. The van der Waals surface area contributed by atoms with E-state index in [0.29, 0.717) is 18.7 Å². The third-order valence-electron chi connectivity index (χ3n) is 5.39. The smallest absolute Gasteiger partial charge is 0.407 e. The van der Waals surface area contributed by atoms with E-state index in [-0.39, 0.29) is 23.9 Å². The van der Waals surface area contributed by atoms with E-state index >= 15 is 0 Å². The molecular formula is C25H32N2O3S. The number of nitrogens with one attached hydrogen (secondary N) is 1. The van der Waals surface area contributed by atoms with E-state index in [4.69, 9.17) is 4.74 Å². The number of carbonyl (C=O) groups excluding carboxylic acids is 2. The number of alkyl carbamates (subject to hydrolysis) is 1. The van der Waals surface area contributed by atoms with Crippen molar-refractivity contribution in [2.24, 2.45) is 5.92 Å². The summed E-state index contributed by atoms with van der Waals surface area (Å²) < 4.78 is 5.47. The van der Waals surface area contributed by atoms with Gasteiger partial charge in [-0.15, -0.1) is 11.8 Å². The zero-order chi connectivity index (χ0) is 22.4. The molecule has 0 saturated carbocycles. The van der Waals surface area contributed by atoms with Crippen molar-refractivity contribution < 1.29 is 14.3 Å². The first-order valence-corrected chi connectivity index (χ1v) is 11.8. The normalized spacial score (nSPS) is 18.5. The average Bonchev–Trinajstić information content (AvgIpc) is 3.12. The van der Waals surface area contributed by atoms with Gasteiger partial charge in [0.15, 0.2) is 0 Å². The second-order valence-electron chi connectivity index (χ2n) is 8.89. The molecule has 1 N–H and O–H groups in total. The van der Waals surface area contributed by atoms with E-state index in [1.165, 1.54) is 0 Å². The van der Waals surface area contributed by atoms with E-state index < -0.39 is 11.7 Å². The lowest BCUT2D eigenvalue weighted by molar-refractivity contribution is -0.133. The van der Waals surface area contributed by atoms with Crippen LogP contribution < -0.4 is 5.32 Å². The zero-order valence-electron chi connectivity index (χ0n) is 18.7. The summed E-state index contributed by atoms with van der Waals surface area (Å²) in [5.41, 5.74) is 0.529. The third-order valence-corrected chi connectivity index (χ3v) is 6.52. The molecule has 1 aliphatic heterocycles. The molecule has 31 heavy (non-hydrogen) atoms. The molecule has 2 amide bonds. The SMILES string of the molecule is C[C@H](c1ccccc1)N1CC[C@@H]([C@@H](CSc2ccccc2)NC(=O)OC(C)(C)C)C1=O. The Labute approximate surface area is 189 Å². The molecule has 2 aromatic carbocycles. The highest BCUT2D eigenvalue weighted by atomic mass is 32.2. The number of likely N-dealkylation sites (tertiary alicyclic amines) is 1. The summed E-state index contributed by atoms with van der Waals surface area (Å²) in [6, 6.07) is 19.8. The molecule has 1 saturated heterocycles. The number of nitrogens with zero attached hydrogens (tertiary/aromatic N) is 1. The predicted molar refractivity (Wildman–Crippen MR) is 125 cm³/mol. The van der Waals surface area contributed by atoms with Crippen molar-refractivity contribution in [2.45, 2.75) is 56.7 Å². The Hall–Kier alpha value is -2.47. The number of ether oxygens (including phenoxy) is 1. The van der Waals surface area contributed by atoms with Crippen LogP contribution in [0.5, 0.6) is 0 Å². The van der Waals surface area contributed by atoms with Gasteiger partial charge in [0.2, 0.25) is 5.91 Å². The lowest BCUT2D eigenvalue weighted by Gasteiger charge is -2.28. The number of hydrogen-bond acceptors (Lipinski definition) is 4. The molecule has 1 heterocycles. The highest BCUT2D eigenvalue weighted by Crippen LogP contribution is 2.32. The molecule has 1 fully saturated rings. The summed E-state index contributed by atoms with van der Waals surface area (Å²) in [5.74, 6) is 0.425. The van der Waals surface area contributed by atoms with Crippen LogP contribution in [0.1, 0.15) is 45.7 Å². The first kappa shape index (κ1) is 23.2. The molecule has 0 radical (unpaired) electrons. The van der Waals surface area contributed by atoms with Gasteiger partial charge in [-0.1, -0.05) is 48.5 Å². The monoisotopic (exact) mass is 440 g/mol. The Balaban J connectivity index is 1.72. The maximum atomic E-state index is 13.4. The molecule has 3 rings (SSSR count). The quantitative estimate of drug-likeness (QED) is 0.595. The second kappa shape index (κ2) is 10.2. The third kappa shape index (κ3) is 6.50. The number of hydrogen-bond donors (Lipinski definition) is 1. The van der Waals surface area contributed by atoms with Crippen LogP contribution in [0.3, 0.4) is 0 Å². The van der Waals surface area contributed by atoms with Gasteiger partial charge in [0.25, 0.3) is 0 Å². The highest BCUT2D eigenvalue weighted by molar-refractivity contribution is 7.99. The fraction of sp³-hybridized carbons (Fsp3) is 0.440. The van der Waals surface area contributed by atoms with Gasteiger partial charge in [0, 0.05) is 17.2 Å². The van der Waals surface area contributed by atoms with Crippen LogP contribution >= 0.6 is 11.8 Å². The molecule has 0 spiro atoms. The maximum Gasteiger partial charge on any atom is 0.407 e. The minimum atomic E-state index is -0.589. The first-order chi connectivity index (χ1) is 14.7. The fourth-order valence-electron chi connectivity index (χ4n) is 3.81. The van der Waals surface area contributed by atoms with Gasteiger partial charge in [0.1, 0.15) is 5.60 Å². The van der Waals surface area contributed by atoms with E-state index in [0.717, 1.165) is 10.5 Å². The summed E-state index contributed by atoms with van der Waals surface area (Å²) in [5, 5.41) is 2.99. The van der Waals surface area contributed by atoms with Crippen LogP contribution in [0, 0.1) is 5.92 Å². The summed E-state index contributed by atoms with van der Waals surface area (Å²) in [7, 11) is 0. The van der Waals surface area contributed by atoms with Gasteiger partial charge in [-0.2, -0.15) is 0 Å². The van der Waals surface area contributed by atoms with Crippen LogP contribution in [0.4, 0.5) is 4.79 Å². The van der Waals surface area contributed by atoms with Crippen LogP contribution in [-0.2, 0) is 9.53 Å². The van der Waals surface area contributed by atoms with E-state index in [9.17, 15) is 9.59 Å². The lowest BCUT2D eigenvalue weighted by atomic mass is 9.99. The van der Waals surface area contributed by atoms with Gasteiger partial charge in [0.05, 0.1) is 18.0 Å². The number of rotatable bonds is 7. The Morgan fingerprint density at radius 1 is 1.13 bits per heavy atom. The van der Waals surface area contributed by atoms with Crippen LogP contribution in [0.15, 0.2) is 65.6 Å². The van der Waals surface area contributed by atoms with Crippen LogP contribution in [0.2, 0.25) is 0 Å². The maximum absolute atomic E-state index is 13.4. The Morgan fingerprint density at radius 2 is 1.74 bits per heavy atom. The molecule has 0 aromatic heterocycles. The summed E-state index contributed by atoms with van der Waals surface area (Å²) in [6.45, 7) is 8.26. The Bertz CT molecular complexity index is 867. The van der Waals surface area contributed by atoms with Crippen molar-refractivity contribution >= 4 is 23.8 Å². The van der Waals surface area contributed by atoms with Gasteiger partial charge in [-0.25, -0.2) is 4.79 Å². The molecule has 166 valence electrons. The van der Waals surface area contributed by atoms with Crippen molar-refractivity contribution in [3.63, 3.8) is 0 Å². The minimum absolute atomic E-state index is 0.00246. The number of amides is 2. The van der Waals surface area contributed by atoms with Crippen molar-refractivity contribution in [3.8, 4) is 0 Å². The number of thioether (sulfide) groups is 1. The van der Waals surface area contributed by atoms with Gasteiger partial charge in [-0.3, -0.25) is 4.79 Å². The van der Waals surface area contributed by atoms with Crippen molar-refractivity contribution in [1.82, 2.24) is 10.2 Å². The van der Waals surface area contributed by atoms with Crippen molar-refractivity contribution in [3.05, 3.63) is 66.2 Å². The predicted octanol–water partition coefficient (Wildman–Crippen LogP) is 5.28. The van der Waals surface area contributed by atoms with Crippen molar-refractivity contribution in [1.29, 1.82) is 0 Å². The van der Waals surface area contributed by atoms with Crippen molar-refractivity contribution in [2.75, 3.05) is 12.3 Å². The standard InChI is InChI=1S/C25H32N2O3S/c1-18(19-11-7-5-8-12-19)27-16-15-21(23(27)28)22(26-24(29)30-25(2,3)4)17-31-20-13-9-6-10-14-20/h5-14,18,21-22H,15-17H2,1-4H3,(H,26,29)/t18-,21+,22-/m1/s1. The topological polar surface area (TPSA) is 58.6 Å².